The molecule has 0 aliphatic rings. The predicted octanol–water partition coefficient (Wildman–Crippen LogP) is -1.56. The number of sulfonamides is 1. The Labute approximate surface area is 163 Å². The predicted molar refractivity (Wildman–Crippen MR) is 95.0 cm³/mol. The van der Waals surface area contributed by atoms with Gasteiger partial charge in [-0.15, -0.1) is 10.2 Å². The summed E-state index contributed by atoms with van der Waals surface area (Å²) in [6.45, 7) is 0. The first kappa shape index (κ1) is 19.9. The van der Waals surface area contributed by atoms with Crippen molar-refractivity contribution in [1.29, 1.82) is 0 Å². The molecule has 3 N–H and O–H groups in total. The minimum atomic E-state index is -4.46. The molecule has 15 nitrogen and oxygen atoms in total. The fraction of sp³-hybridized carbons (Fsp3) is 0.308. The van der Waals surface area contributed by atoms with Gasteiger partial charge in [0.25, 0.3) is 10.0 Å². The van der Waals surface area contributed by atoms with Crippen LogP contribution in [-0.2, 0) is 24.1 Å². The van der Waals surface area contributed by atoms with Crippen molar-refractivity contribution in [2.24, 2.45) is 19.8 Å². The molecule has 0 fully saturated rings. The molecule has 16 heteroatoms. The van der Waals surface area contributed by atoms with Crippen LogP contribution in [0.5, 0.6) is 11.8 Å². The summed E-state index contributed by atoms with van der Waals surface area (Å²) in [7, 11) is 1.27. The maximum Gasteiger partial charge on any atom is 0.326 e. The second kappa shape index (κ2) is 7.30. The normalized spacial score (nSPS) is 11.3. The van der Waals surface area contributed by atoms with Crippen molar-refractivity contribution in [2.45, 2.75) is 5.03 Å². The van der Waals surface area contributed by atoms with Crippen LogP contribution in [0.15, 0.2) is 11.1 Å². The maximum absolute atomic E-state index is 12.6. The number of nitrogens with zero attached hydrogens (tertiary/aromatic N) is 8. The quantitative estimate of drug-likeness (QED) is 0.464. The molecule has 0 radical (unpaired) electrons. The summed E-state index contributed by atoms with van der Waals surface area (Å²) in [6.07, 6.45) is 0. The highest BCUT2D eigenvalue weighted by molar-refractivity contribution is 7.90. The van der Waals surface area contributed by atoms with Crippen molar-refractivity contribution in [3.05, 3.63) is 6.07 Å². The summed E-state index contributed by atoms with van der Waals surface area (Å²) in [5.74, 6) is 0.238. The van der Waals surface area contributed by atoms with Gasteiger partial charge in [0.2, 0.25) is 22.6 Å². The number of urea groups is 1. The van der Waals surface area contributed by atoms with Crippen LogP contribution in [0.4, 0.5) is 4.79 Å². The number of aromatic nitrogens is 8. The van der Waals surface area contributed by atoms with Crippen LogP contribution in [0, 0.1) is 0 Å². The highest BCUT2D eigenvalue weighted by Gasteiger charge is 2.33. The van der Waals surface area contributed by atoms with Gasteiger partial charge in [-0.05, 0) is 5.21 Å². The number of carbonyl (C=O) groups is 1. The zero-order valence-corrected chi connectivity index (χ0v) is 16.5. The molecule has 3 aromatic heterocycles. The average molecular weight is 424 g/mol. The number of nitrogens with one attached hydrogen (secondary N) is 1. The first-order valence-electron chi connectivity index (χ1n) is 7.77. The van der Waals surface area contributed by atoms with E-state index in [0.717, 1.165) is 4.80 Å². The molecular formula is C13H16N10O5S. The molecule has 3 rings (SSSR count). The fourth-order valence-electron chi connectivity index (χ4n) is 2.43. The molecule has 0 aromatic carbocycles. The van der Waals surface area contributed by atoms with Gasteiger partial charge in [-0.3, -0.25) is 4.68 Å². The van der Waals surface area contributed by atoms with E-state index in [4.69, 9.17) is 15.2 Å². The third-order valence-corrected chi connectivity index (χ3v) is 4.81. The van der Waals surface area contributed by atoms with Crippen molar-refractivity contribution >= 4 is 16.1 Å². The molecular weight excluding hydrogens is 408 g/mol. The third kappa shape index (κ3) is 3.77. The van der Waals surface area contributed by atoms with Gasteiger partial charge in [0, 0.05) is 7.05 Å². The Kier molecular flexibility index (Phi) is 5.02. The van der Waals surface area contributed by atoms with Crippen LogP contribution < -0.4 is 19.9 Å². The largest absolute Gasteiger partial charge is 0.481 e. The molecule has 0 atom stereocenters. The lowest BCUT2D eigenvalue weighted by Gasteiger charge is -2.08. The average Bonchev–Trinajstić information content (AvgIpc) is 3.23. The fourth-order valence-corrected chi connectivity index (χ4v) is 3.48. The summed E-state index contributed by atoms with van der Waals surface area (Å²) in [5.41, 5.74) is 4.99. The SMILES string of the molecule is COc1cc(OC)nc(-c2c(-c3nnn(C)n3)c(S(=O)(=O)NC(N)=O)nn2C)n1. The number of amides is 2. The molecule has 0 saturated carbocycles. The first-order chi connectivity index (χ1) is 13.7. The molecule has 3 heterocycles. The second-order valence-electron chi connectivity index (χ2n) is 5.50. The molecule has 29 heavy (non-hydrogen) atoms. The van der Waals surface area contributed by atoms with Crippen molar-refractivity contribution < 1.29 is 22.7 Å². The Balaban J connectivity index is 2.35. The third-order valence-electron chi connectivity index (χ3n) is 3.55. The summed E-state index contributed by atoms with van der Waals surface area (Å²) >= 11 is 0. The van der Waals surface area contributed by atoms with E-state index in [0.29, 0.717) is 0 Å². The van der Waals surface area contributed by atoms with E-state index < -0.39 is 21.1 Å². The monoisotopic (exact) mass is 424 g/mol. The number of carbonyl (C=O) groups excluding carboxylic acids is 1. The Hall–Kier alpha value is -3.82. The van der Waals surface area contributed by atoms with Crippen LogP contribution in [0.2, 0.25) is 0 Å². The smallest absolute Gasteiger partial charge is 0.326 e. The maximum atomic E-state index is 12.6. The highest BCUT2D eigenvalue weighted by Crippen LogP contribution is 2.34. The van der Waals surface area contributed by atoms with Crippen LogP contribution in [0.1, 0.15) is 0 Å². The van der Waals surface area contributed by atoms with Crippen LogP contribution in [0.3, 0.4) is 0 Å². The molecule has 0 spiro atoms. The number of hydrogen-bond acceptors (Lipinski definition) is 11. The highest BCUT2D eigenvalue weighted by atomic mass is 32.2. The van der Waals surface area contributed by atoms with Crippen molar-refractivity contribution in [2.75, 3.05) is 14.2 Å². The molecule has 0 unspecified atom stereocenters. The topological polar surface area (TPSA) is 195 Å². The van der Waals surface area contributed by atoms with Crippen molar-refractivity contribution in [1.82, 2.24) is 44.7 Å². The lowest BCUT2D eigenvalue weighted by Crippen LogP contribution is -2.35. The first-order valence-corrected chi connectivity index (χ1v) is 9.25. The summed E-state index contributed by atoms with van der Waals surface area (Å²) in [5, 5.41) is 15.0. The van der Waals surface area contributed by atoms with E-state index in [2.05, 4.69) is 30.5 Å². The van der Waals surface area contributed by atoms with Crippen LogP contribution in [-0.4, -0.2) is 68.6 Å². The van der Waals surface area contributed by atoms with Gasteiger partial charge in [-0.2, -0.15) is 28.3 Å². The minimum absolute atomic E-state index is 0.0131. The molecule has 2 amide bonds. The second-order valence-corrected chi connectivity index (χ2v) is 7.10. The molecule has 0 bridgehead atoms. The van der Waals surface area contributed by atoms with Gasteiger partial charge in [0.15, 0.2) is 5.82 Å². The number of methoxy groups -OCH3 is 2. The Morgan fingerprint density at radius 1 is 1.10 bits per heavy atom. The number of rotatable bonds is 6. The van der Waals surface area contributed by atoms with Gasteiger partial charge >= 0.3 is 6.03 Å². The van der Waals surface area contributed by atoms with E-state index in [1.807, 2.05) is 0 Å². The summed E-state index contributed by atoms with van der Waals surface area (Å²) < 4.78 is 38.4. The van der Waals surface area contributed by atoms with Gasteiger partial charge in [0.05, 0.1) is 32.9 Å². The van der Waals surface area contributed by atoms with E-state index >= 15 is 0 Å². The van der Waals surface area contributed by atoms with Gasteiger partial charge < -0.3 is 15.2 Å². The zero-order valence-electron chi connectivity index (χ0n) is 15.7. The van der Waals surface area contributed by atoms with E-state index in [9.17, 15) is 13.2 Å². The number of ether oxygens (including phenoxy) is 2. The number of tetrazole rings is 1. The molecule has 0 aliphatic heterocycles. The Morgan fingerprint density at radius 3 is 2.21 bits per heavy atom. The minimum Gasteiger partial charge on any atom is -0.481 e. The van der Waals surface area contributed by atoms with E-state index in [-0.39, 0.29) is 34.7 Å². The lowest BCUT2D eigenvalue weighted by molar-refractivity contribution is 0.253. The van der Waals surface area contributed by atoms with Gasteiger partial charge in [-0.25, -0.2) is 9.52 Å². The Bertz CT molecular complexity index is 1160. The van der Waals surface area contributed by atoms with Gasteiger partial charge in [-0.1, -0.05) is 0 Å². The molecule has 3 aromatic rings. The van der Waals surface area contributed by atoms with Crippen LogP contribution >= 0.6 is 0 Å². The summed E-state index contributed by atoms with van der Waals surface area (Å²) in [6, 6.07) is 0.154. The van der Waals surface area contributed by atoms with E-state index in [1.54, 1.807) is 4.72 Å². The zero-order chi connectivity index (χ0) is 21.3. The van der Waals surface area contributed by atoms with Crippen LogP contribution in [0.25, 0.3) is 22.9 Å². The molecule has 0 saturated heterocycles. The van der Waals surface area contributed by atoms with E-state index in [1.165, 1.54) is 39.1 Å². The molecule has 154 valence electrons. The lowest BCUT2D eigenvalue weighted by atomic mass is 10.2. The number of nitrogens with two attached hydrogens (primary N) is 1. The van der Waals surface area contributed by atoms with Crippen molar-refractivity contribution in [3.8, 4) is 34.7 Å². The van der Waals surface area contributed by atoms with Gasteiger partial charge in [0.1, 0.15) is 5.69 Å². The standard InChI is InChI=1S/C13H16N10O5S/c1-22-9(11-15-6(27-3)5-7(16-11)28-4)8(10-17-21-23(2)18-10)12(19-22)29(25,26)20-13(14)24/h5H,1-4H3,(H3,14,20,24). The number of primary amides is 1. The number of hydrogen-bond donors (Lipinski definition) is 2. The Morgan fingerprint density at radius 2 is 1.72 bits per heavy atom. The van der Waals surface area contributed by atoms with Crippen molar-refractivity contribution in [3.63, 3.8) is 0 Å². The molecule has 0 aliphatic carbocycles. The number of aryl methyl sites for hydroxylation is 2. The summed E-state index contributed by atoms with van der Waals surface area (Å²) in [4.78, 5) is 20.7.